The van der Waals surface area contributed by atoms with E-state index in [0.717, 1.165) is 12.0 Å². The number of benzene rings is 3. The molecule has 0 fully saturated rings. The van der Waals surface area contributed by atoms with E-state index in [1.54, 1.807) is 48.5 Å². The quantitative estimate of drug-likeness (QED) is 0.179. The highest BCUT2D eigenvalue weighted by Gasteiger charge is 2.06. The fourth-order valence-corrected chi connectivity index (χ4v) is 3.40. The van der Waals surface area contributed by atoms with Crippen LogP contribution in [-0.2, 0) is 6.42 Å². The molecule has 0 aliphatic heterocycles. The number of hydrogen-bond donors (Lipinski definition) is 2. The molecule has 0 amide bonds. The van der Waals surface area contributed by atoms with Crippen LogP contribution in [0.2, 0.25) is 0 Å². The normalized spacial score (nSPS) is 11.0. The molecule has 0 heterocycles. The molecule has 0 atom stereocenters. The molecular weight excluding hydrogens is 384 g/mol. The Balaban J connectivity index is 1.63. The minimum atomic E-state index is -0.0510. The number of unbranched alkanes of at least 4 members (excludes halogenated alkanes) is 2. The molecule has 0 saturated carbocycles. The van der Waals surface area contributed by atoms with E-state index in [0.29, 0.717) is 28.4 Å². The molecule has 0 aliphatic rings. The highest BCUT2D eigenvalue weighted by molar-refractivity contribution is 6.06. The summed E-state index contributed by atoms with van der Waals surface area (Å²) in [5.41, 5.74) is 16.9. The molecule has 0 bridgehead atoms. The van der Waals surface area contributed by atoms with Crippen LogP contribution in [0.4, 0.5) is 11.4 Å². The summed E-state index contributed by atoms with van der Waals surface area (Å²) < 4.78 is 5.78. The van der Waals surface area contributed by atoms with Crippen LogP contribution in [0.25, 0.3) is 6.08 Å². The van der Waals surface area contributed by atoms with Gasteiger partial charge < -0.3 is 16.2 Å². The number of nitrogen functional groups attached to an aromatic ring is 2. The third kappa shape index (κ3) is 6.22. The average Bonchev–Trinajstić information content (AvgIpc) is 2.75. The van der Waals surface area contributed by atoms with E-state index in [9.17, 15) is 4.79 Å². The molecule has 0 aliphatic carbocycles. The summed E-state index contributed by atoms with van der Waals surface area (Å²) in [6, 6.07) is 18.6. The molecule has 0 spiro atoms. The second-order valence-corrected chi connectivity index (χ2v) is 7.77. The lowest BCUT2D eigenvalue weighted by Crippen LogP contribution is -1.96. The number of hydrogen-bond acceptors (Lipinski definition) is 4. The number of aryl methyl sites for hydroxylation is 2. The van der Waals surface area contributed by atoms with Crippen LogP contribution in [0.3, 0.4) is 0 Å². The van der Waals surface area contributed by atoms with Crippen molar-refractivity contribution < 1.29 is 9.53 Å². The van der Waals surface area contributed by atoms with Gasteiger partial charge in [-0.25, -0.2) is 0 Å². The Morgan fingerprint density at radius 1 is 0.968 bits per heavy atom. The molecular formula is C27H30N2O2. The van der Waals surface area contributed by atoms with Crippen LogP contribution in [0.1, 0.15) is 53.2 Å². The number of carbonyl (C=O) groups excluding carboxylic acids is 1. The Morgan fingerprint density at radius 2 is 1.74 bits per heavy atom. The molecule has 3 rings (SSSR count). The molecule has 0 radical (unpaired) electrons. The molecule has 3 aromatic rings. The van der Waals surface area contributed by atoms with Gasteiger partial charge >= 0.3 is 0 Å². The van der Waals surface area contributed by atoms with Gasteiger partial charge in [0.05, 0.1) is 5.69 Å². The molecule has 31 heavy (non-hydrogen) atoms. The van der Waals surface area contributed by atoms with Crippen LogP contribution in [0, 0.1) is 6.92 Å². The molecule has 4 N–H and O–H groups in total. The summed E-state index contributed by atoms with van der Waals surface area (Å²) in [7, 11) is 0. The Kier molecular flexibility index (Phi) is 7.50. The fraction of sp³-hybridized carbons (Fsp3) is 0.222. The Bertz CT molecular complexity index is 1070. The van der Waals surface area contributed by atoms with E-state index in [-0.39, 0.29) is 5.78 Å². The number of carbonyl (C=O) groups is 1. The first kappa shape index (κ1) is 22.2. The van der Waals surface area contributed by atoms with Gasteiger partial charge in [0.2, 0.25) is 0 Å². The standard InChI is InChI=1S/C27H30N2O2/c1-3-4-5-6-20-7-8-21(19(2)17-20)11-15-26(30)22-9-13-24(14-10-22)31-27-16-12-23(28)18-25(27)29/h7-18H,3-6,28-29H2,1-2H3/b15-11+. The highest BCUT2D eigenvalue weighted by atomic mass is 16.5. The SMILES string of the molecule is CCCCCc1ccc(/C=C/C(=O)c2ccc(Oc3ccc(N)cc3N)cc2)c(C)c1. The summed E-state index contributed by atoms with van der Waals surface area (Å²) in [4.78, 5) is 12.6. The van der Waals surface area contributed by atoms with Gasteiger partial charge in [-0.15, -0.1) is 0 Å². The van der Waals surface area contributed by atoms with E-state index in [1.165, 1.54) is 30.4 Å². The lowest BCUT2D eigenvalue weighted by Gasteiger charge is -2.09. The molecule has 160 valence electrons. The predicted octanol–water partition coefficient (Wildman–Crippen LogP) is 6.58. The van der Waals surface area contributed by atoms with Crippen LogP contribution in [0.5, 0.6) is 11.5 Å². The van der Waals surface area contributed by atoms with Gasteiger partial charge in [0, 0.05) is 11.3 Å². The van der Waals surface area contributed by atoms with E-state index < -0.39 is 0 Å². The highest BCUT2D eigenvalue weighted by Crippen LogP contribution is 2.29. The van der Waals surface area contributed by atoms with Gasteiger partial charge in [-0.3, -0.25) is 4.79 Å². The van der Waals surface area contributed by atoms with Crippen molar-refractivity contribution in [2.75, 3.05) is 11.5 Å². The number of ether oxygens (including phenoxy) is 1. The van der Waals surface area contributed by atoms with Crippen molar-refractivity contribution in [2.45, 2.75) is 39.5 Å². The number of nitrogens with two attached hydrogens (primary N) is 2. The van der Waals surface area contributed by atoms with Crippen LogP contribution >= 0.6 is 0 Å². The zero-order valence-electron chi connectivity index (χ0n) is 18.2. The summed E-state index contributed by atoms with van der Waals surface area (Å²) in [5, 5.41) is 0. The van der Waals surface area contributed by atoms with Crippen molar-refractivity contribution in [3.63, 3.8) is 0 Å². The van der Waals surface area contributed by atoms with Gasteiger partial charge in [-0.05, 0) is 85.0 Å². The van der Waals surface area contributed by atoms with Gasteiger partial charge in [-0.2, -0.15) is 0 Å². The second-order valence-electron chi connectivity index (χ2n) is 7.77. The molecule has 4 nitrogen and oxygen atoms in total. The number of anilines is 2. The van der Waals surface area contributed by atoms with Crippen molar-refractivity contribution in [3.8, 4) is 11.5 Å². The average molecular weight is 415 g/mol. The summed E-state index contributed by atoms with van der Waals surface area (Å²) in [6.07, 6.45) is 8.30. The number of allylic oxidation sites excluding steroid dienone is 1. The van der Waals surface area contributed by atoms with Gasteiger partial charge in [0.25, 0.3) is 0 Å². The van der Waals surface area contributed by atoms with E-state index in [1.807, 2.05) is 6.08 Å². The van der Waals surface area contributed by atoms with E-state index in [4.69, 9.17) is 16.2 Å². The van der Waals surface area contributed by atoms with Gasteiger partial charge in [-0.1, -0.05) is 44.0 Å². The molecule has 0 saturated heterocycles. The van der Waals surface area contributed by atoms with Gasteiger partial charge in [0.15, 0.2) is 5.78 Å². The number of rotatable bonds is 9. The van der Waals surface area contributed by atoms with Gasteiger partial charge in [0.1, 0.15) is 11.5 Å². The van der Waals surface area contributed by atoms with Crippen LogP contribution in [0.15, 0.2) is 66.7 Å². The zero-order valence-corrected chi connectivity index (χ0v) is 18.2. The fourth-order valence-electron chi connectivity index (χ4n) is 3.40. The first-order valence-corrected chi connectivity index (χ1v) is 10.7. The van der Waals surface area contributed by atoms with Crippen LogP contribution in [-0.4, -0.2) is 5.78 Å². The Morgan fingerprint density at radius 3 is 2.42 bits per heavy atom. The first-order valence-electron chi connectivity index (χ1n) is 10.7. The zero-order chi connectivity index (χ0) is 22.2. The van der Waals surface area contributed by atoms with E-state index in [2.05, 4.69) is 32.0 Å². The monoisotopic (exact) mass is 414 g/mol. The molecule has 0 aromatic heterocycles. The maximum Gasteiger partial charge on any atom is 0.185 e. The Hall–Kier alpha value is -3.53. The first-order chi connectivity index (χ1) is 15.0. The minimum absolute atomic E-state index is 0.0510. The summed E-state index contributed by atoms with van der Waals surface area (Å²) in [5.74, 6) is 1.08. The third-order valence-electron chi connectivity index (χ3n) is 5.22. The summed E-state index contributed by atoms with van der Waals surface area (Å²) >= 11 is 0. The lowest BCUT2D eigenvalue weighted by atomic mass is 10.00. The topological polar surface area (TPSA) is 78.3 Å². The maximum absolute atomic E-state index is 12.6. The van der Waals surface area contributed by atoms with Crippen molar-refractivity contribution in [3.05, 3.63) is 89.0 Å². The molecule has 4 heteroatoms. The van der Waals surface area contributed by atoms with Crippen molar-refractivity contribution in [2.24, 2.45) is 0 Å². The molecule has 3 aromatic carbocycles. The number of ketones is 1. The second kappa shape index (κ2) is 10.5. The minimum Gasteiger partial charge on any atom is -0.455 e. The van der Waals surface area contributed by atoms with Crippen molar-refractivity contribution >= 4 is 23.2 Å². The predicted molar refractivity (Wildman–Crippen MR) is 130 cm³/mol. The largest absolute Gasteiger partial charge is 0.455 e. The van der Waals surface area contributed by atoms with Crippen molar-refractivity contribution in [1.82, 2.24) is 0 Å². The summed E-state index contributed by atoms with van der Waals surface area (Å²) in [6.45, 7) is 4.30. The smallest absolute Gasteiger partial charge is 0.185 e. The van der Waals surface area contributed by atoms with Crippen LogP contribution < -0.4 is 16.2 Å². The Labute approximate surface area is 184 Å². The van der Waals surface area contributed by atoms with E-state index >= 15 is 0 Å². The third-order valence-corrected chi connectivity index (χ3v) is 5.22. The maximum atomic E-state index is 12.6. The van der Waals surface area contributed by atoms with Crippen molar-refractivity contribution in [1.29, 1.82) is 0 Å². The lowest BCUT2D eigenvalue weighted by molar-refractivity contribution is 0.104. The molecule has 0 unspecified atom stereocenters.